The summed E-state index contributed by atoms with van der Waals surface area (Å²) >= 11 is 0. The zero-order valence-electron chi connectivity index (χ0n) is 13.2. The maximum absolute atomic E-state index is 11.2. The van der Waals surface area contributed by atoms with Crippen LogP contribution in [-0.4, -0.2) is 18.2 Å². The van der Waals surface area contributed by atoms with Crippen LogP contribution >= 0.6 is 0 Å². The molecule has 4 nitrogen and oxygen atoms in total. The number of carbonyl (C=O) groups is 2. The van der Waals surface area contributed by atoms with E-state index in [1.54, 1.807) is 0 Å². The van der Waals surface area contributed by atoms with Crippen LogP contribution in [0.5, 0.6) is 0 Å². The summed E-state index contributed by atoms with van der Waals surface area (Å²) in [4.78, 5) is 22.5. The fourth-order valence-electron chi connectivity index (χ4n) is 1.92. The lowest BCUT2D eigenvalue weighted by atomic mass is 9.99. The molecule has 0 N–H and O–H groups in total. The normalized spacial score (nSPS) is 11.7. The second-order valence-corrected chi connectivity index (χ2v) is 5.26. The molecule has 1 aromatic carbocycles. The third-order valence-corrected chi connectivity index (χ3v) is 2.86. The first kappa shape index (κ1) is 17.0. The molecule has 1 rings (SSSR count). The molecule has 0 unspecified atom stereocenters. The van der Waals surface area contributed by atoms with Gasteiger partial charge < -0.3 is 9.47 Å². The standard InChI is InChI=1S/C17H22O4/c1-11(2)16(10-15-8-6-7-12(3)9-15)17(20-13(4)18)21-14(5)19/h6-11,17H,1-5H3. The van der Waals surface area contributed by atoms with Gasteiger partial charge in [0.05, 0.1) is 0 Å². The van der Waals surface area contributed by atoms with E-state index in [-0.39, 0.29) is 5.92 Å². The molecule has 0 saturated carbocycles. The fraction of sp³-hybridized carbons (Fsp3) is 0.412. The number of ether oxygens (including phenoxy) is 2. The van der Waals surface area contributed by atoms with Crippen molar-refractivity contribution in [2.45, 2.75) is 40.9 Å². The molecular formula is C17H22O4. The van der Waals surface area contributed by atoms with Crippen molar-refractivity contribution < 1.29 is 19.1 Å². The van der Waals surface area contributed by atoms with E-state index in [0.717, 1.165) is 16.7 Å². The Morgan fingerprint density at radius 3 is 2.10 bits per heavy atom. The second kappa shape index (κ2) is 7.62. The highest BCUT2D eigenvalue weighted by Gasteiger charge is 2.23. The van der Waals surface area contributed by atoms with Crippen molar-refractivity contribution in [1.29, 1.82) is 0 Å². The fourth-order valence-corrected chi connectivity index (χ4v) is 1.92. The number of hydrogen-bond acceptors (Lipinski definition) is 4. The van der Waals surface area contributed by atoms with Gasteiger partial charge in [0.25, 0.3) is 6.29 Å². The van der Waals surface area contributed by atoms with Gasteiger partial charge >= 0.3 is 11.9 Å². The quantitative estimate of drug-likeness (QED) is 0.615. The Bertz CT molecular complexity index is 527. The summed E-state index contributed by atoms with van der Waals surface area (Å²) in [5.74, 6) is -0.914. The molecule has 0 bridgehead atoms. The predicted molar refractivity (Wildman–Crippen MR) is 81.3 cm³/mol. The predicted octanol–water partition coefficient (Wildman–Crippen LogP) is 3.49. The minimum Gasteiger partial charge on any atom is -0.421 e. The van der Waals surface area contributed by atoms with Crippen LogP contribution in [0, 0.1) is 12.8 Å². The van der Waals surface area contributed by atoms with E-state index >= 15 is 0 Å². The van der Waals surface area contributed by atoms with Crippen molar-refractivity contribution in [2.24, 2.45) is 5.92 Å². The van der Waals surface area contributed by atoms with Crippen molar-refractivity contribution in [3.8, 4) is 0 Å². The molecule has 0 aliphatic carbocycles. The topological polar surface area (TPSA) is 52.6 Å². The summed E-state index contributed by atoms with van der Waals surface area (Å²) in [6, 6.07) is 7.92. The van der Waals surface area contributed by atoms with Crippen LogP contribution in [0.3, 0.4) is 0 Å². The molecular weight excluding hydrogens is 268 g/mol. The third-order valence-electron chi connectivity index (χ3n) is 2.86. The zero-order chi connectivity index (χ0) is 16.0. The molecule has 0 aliphatic rings. The Labute approximate surface area is 125 Å². The lowest BCUT2D eigenvalue weighted by Crippen LogP contribution is -2.26. The van der Waals surface area contributed by atoms with Crippen LogP contribution in [0.2, 0.25) is 0 Å². The minimum atomic E-state index is -0.986. The summed E-state index contributed by atoms with van der Waals surface area (Å²) in [5, 5.41) is 0. The van der Waals surface area contributed by atoms with Gasteiger partial charge in [0.1, 0.15) is 0 Å². The highest BCUT2D eigenvalue weighted by atomic mass is 16.7. The minimum absolute atomic E-state index is 0.0641. The Morgan fingerprint density at radius 1 is 1.10 bits per heavy atom. The highest BCUT2D eigenvalue weighted by Crippen LogP contribution is 2.22. The summed E-state index contributed by atoms with van der Waals surface area (Å²) < 4.78 is 10.3. The van der Waals surface area contributed by atoms with E-state index in [2.05, 4.69) is 0 Å². The summed E-state index contributed by atoms with van der Waals surface area (Å²) in [6.45, 7) is 8.51. The Hall–Kier alpha value is -2.10. The zero-order valence-corrected chi connectivity index (χ0v) is 13.2. The largest absolute Gasteiger partial charge is 0.421 e. The van der Waals surface area contributed by atoms with Crippen LogP contribution in [0.4, 0.5) is 0 Å². The smallest absolute Gasteiger partial charge is 0.305 e. The molecule has 0 atom stereocenters. The lowest BCUT2D eigenvalue weighted by Gasteiger charge is -2.22. The van der Waals surface area contributed by atoms with Crippen molar-refractivity contribution in [2.75, 3.05) is 0 Å². The van der Waals surface area contributed by atoms with E-state index in [0.29, 0.717) is 0 Å². The van der Waals surface area contributed by atoms with Gasteiger partial charge in [0.15, 0.2) is 0 Å². The molecule has 0 saturated heterocycles. The first-order chi connectivity index (χ1) is 9.79. The Morgan fingerprint density at radius 2 is 1.67 bits per heavy atom. The van der Waals surface area contributed by atoms with Gasteiger partial charge in [0, 0.05) is 19.4 Å². The molecule has 0 radical (unpaired) electrons. The summed E-state index contributed by atoms with van der Waals surface area (Å²) in [5.41, 5.74) is 2.84. The Balaban J connectivity index is 3.16. The van der Waals surface area contributed by atoms with Crippen molar-refractivity contribution in [3.05, 3.63) is 41.0 Å². The molecule has 0 fully saturated rings. The molecule has 0 amide bonds. The van der Waals surface area contributed by atoms with Crippen LogP contribution in [0.25, 0.3) is 6.08 Å². The van der Waals surface area contributed by atoms with Crippen LogP contribution < -0.4 is 0 Å². The molecule has 21 heavy (non-hydrogen) atoms. The number of aryl methyl sites for hydroxylation is 1. The average molecular weight is 290 g/mol. The van der Waals surface area contributed by atoms with E-state index in [1.165, 1.54) is 13.8 Å². The number of benzene rings is 1. The molecule has 0 aliphatic heterocycles. The average Bonchev–Trinajstić information content (AvgIpc) is 2.33. The number of rotatable bonds is 5. The number of hydrogen-bond donors (Lipinski definition) is 0. The van der Waals surface area contributed by atoms with Gasteiger partial charge in [-0.15, -0.1) is 0 Å². The highest BCUT2D eigenvalue weighted by molar-refractivity contribution is 5.69. The van der Waals surface area contributed by atoms with Crippen molar-refractivity contribution in [3.63, 3.8) is 0 Å². The Kier molecular flexibility index (Phi) is 6.15. The van der Waals surface area contributed by atoms with Crippen molar-refractivity contribution in [1.82, 2.24) is 0 Å². The molecule has 114 valence electrons. The molecule has 4 heteroatoms. The van der Waals surface area contributed by atoms with E-state index in [4.69, 9.17) is 9.47 Å². The maximum Gasteiger partial charge on any atom is 0.305 e. The van der Waals surface area contributed by atoms with Gasteiger partial charge in [0.2, 0.25) is 0 Å². The first-order valence-electron chi connectivity index (χ1n) is 6.92. The van der Waals surface area contributed by atoms with E-state index in [9.17, 15) is 9.59 Å². The lowest BCUT2D eigenvalue weighted by molar-refractivity contribution is -0.178. The van der Waals surface area contributed by atoms with Gasteiger partial charge in [-0.3, -0.25) is 9.59 Å². The number of esters is 2. The van der Waals surface area contributed by atoms with E-state index < -0.39 is 18.2 Å². The van der Waals surface area contributed by atoms with Crippen molar-refractivity contribution >= 4 is 18.0 Å². The van der Waals surface area contributed by atoms with Gasteiger partial charge in [-0.25, -0.2) is 0 Å². The summed E-state index contributed by atoms with van der Waals surface area (Å²) in [6.07, 6.45) is 0.911. The van der Waals surface area contributed by atoms with E-state index in [1.807, 2.05) is 51.1 Å². The number of carbonyl (C=O) groups excluding carboxylic acids is 2. The third kappa shape index (κ3) is 5.81. The van der Waals surface area contributed by atoms with Gasteiger partial charge in [-0.05, 0) is 24.5 Å². The summed E-state index contributed by atoms with van der Waals surface area (Å²) in [7, 11) is 0. The van der Waals surface area contributed by atoms with Crippen LogP contribution in [0.15, 0.2) is 29.8 Å². The first-order valence-corrected chi connectivity index (χ1v) is 6.92. The van der Waals surface area contributed by atoms with Gasteiger partial charge in [-0.2, -0.15) is 0 Å². The maximum atomic E-state index is 11.2. The molecule has 1 aromatic rings. The monoisotopic (exact) mass is 290 g/mol. The second-order valence-electron chi connectivity index (χ2n) is 5.26. The molecule has 0 heterocycles. The molecule has 0 spiro atoms. The molecule has 0 aromatic heterocycles. The van der Waals surface area contributed by atoms with Gasteiger partial charge in [-0.1, -0.05) is 43.7 Å². The van der Waals surface area contributed by atoms with Crippen LogP contribution in [-0.2, 0) is 19.1 Å². The SMILES string of the molecule is CC(=O)OC(OC(C)=O)C(=Cc1cccc(C)c1)C(C)C. The van der Waals surface area contributed by atoms with Crippen LogP contribution in [0.1, 0.15) is 38.8 Å².